The lowest BCUT2D eigenvalue weighted by atomic mass is 10.1. The zero-order valence-corrected chi connectivity index (χ0v) is 12.7. The lowest BCUT2D eigenvalue weighted by Gasteiger charge is -2.11. The Kier molecular flexibility index (Phi) is 4.62. The van der Waals surface area contributed by atoms with E-state index in [1.807, 2.05) is 12.1 Å². The van der Waals surface area contributed by atoms with Crippen molar-refractivity contribution >= 4 is 5.69 Å². The van der Waals surface area contributed by atoms with Crippen molar-refractivity contribution in [1.82, 2.24) is 9.55 Å². The Labute approximate surface area is 124 Å². The highest BCUT2D eigenvalue weighted by atomic mass is 16.5. The van der Waals surface area contributed by atoms with E-state index in [2.05, 4.69) is 25.8 Å². The van der Waals surface area contributed by atoms with Crippen LogP contribution in [-0.4, -0.2) is 9.55 Å². The van der Waals surface area contributed by atoms with Crippen molar-refractivity contribution in [2.75, 3.05) is 5.73 Å². The first kappa shape index (κ1) is 15.1. The first-order valence-corrected chi connectivity index (χ1v) is 7.13. The highest BCUT2D eigenvalue weighted by molar-refractivity contribution is 5.55. The molecule has 0 aliphatic rings. The number of nitrogen functional groups attached to an aromatic ring is 1. The second-order valence-electron chi connectivity index (χ2n) is 5.41. The Bertz CT molecular complexity index is 677. The smallest absolute Gasteiger partial charge is 0.313 e. The van der Waals surface area contributed by atoms with E-state index in [-0.39, 0.29) is 11.4 Å². The van der Waals surface area contributed by atoms with Gasteiger partial charge in [0.1, 0.15) is 0 Å². The summed E-state index contributed by atoms with van der Waals surface area (Å²) in [5, 5.41) is 0. The van der Waals surface area contributed by atoms with Crippen LogP contribution in [0.5, 0.6) is 11.6 Å². The van der Waals surface area contributed by atoms with Gasteiger partial charge in [0.05, 0.1) is 5.69 Å². The van der Waals surface area contributed by atoms with Gasteiger partial charge in [0.25, 0.3) is 5.88 Å². The molecule has 21 heavy (non-hydrogen) atoms. The lowest BCUT2D eigenvalue weighted by molar-refractivity contribution is 0.434. The van der Waals surface area contributed by atoms with Crippen LogP contribution < -0.4 is 16.0 Å². The Morgan fingerprint density at radius 3 is 2.76 bits per heavy atom. The SMILES string of the molecule is CCc1ccc(Oc2nccn(CC(C)C)c2=O)c(N)c1. The van der Waals surface area contributed by atoms with E-state index in [1.54, 1.807) is 23.0 Å². The number of nitrogens with zero attached hydrogens (tertiary/aromatic N) is 2. The van der Waals surface area contributed by atoms with Crippen molar-refractivity contribution < 1.29 is 4.74 Å². The molecule has 0 unspecified atom stereocenters. The van der Waals surface area contributed by atoms with Gasteiger partial charge in [0.15, 0.2) is 5.75 Å². The van der Waals surface area contributed by atoms with Gasteiger partial charge in [-0.3, -0.25) is 4.79 Å². The number of hydrogen-bond acceptors (Lipinski definition) is 4. The Hall–Kier alpha value is -2.30. The molecule has 112 valence electrons. The average Bonchev–Trinajstić information content (AvgIpc) is 2.44. The Morgan fingerprint density at radius 1 is 1.38 bits per heavy atom. The van der Waals surface area contributed by atoms with Gasteiger partial charge in [-0.1, -0.05) is 26.8 Å². The summed E-state index contributed by atoms with van der Waals surface area (Å²) in [6.07, 6.45) is 4.13. The van der Waals surface area contributed by atoms with E-state index in [0.717, 1.165) is 12.0 Å². The predicted octanol–water partition coefficient (Wildman–Crippen LogP) is 2.84. The molecule has 2 aromatic rings. The van der Waals surface area contributed by atoms with Crippen LogP contribution in [0.25, 0.3) is 0 Å². The summed E-state index contributed by atoms with van der Waals surface area (Å²) in [5.41, 5.74) is 7.34. The van der Waals surface area contributed by atoms with E-state index in [9.17, 15) is 4.79 Å². The summed E-state index contributed by atoms with van der Waals surface area (Å²) in [4.78, 5) is 16.3. The van der Waals surface area contributed by atoms with E-state index in [4.69, 9.17) is 10.5 Å². The maximum atomic E-state index is 12.3. The van der Waals surface area contributed by atoms with Crippen molar-refractivity contribution in [1.29, 1.82) is 0 Å². The summed E-state index contributed by atoms with van der Waals surface area (Å²) < 4.78 is 7.19. The van der Waals surface area contributed by atoms with Crippen LogP contribution in [0.3, 0.4) is 0 Å². The molecule has 0 bridgehead atoms. The molecule has 5 nitrogen and oxygen atoms in total. The van der Waals surface area contributed by atoms with Gasteiger partial charge in [0, 0.05) is 18.9 Å². The van der Waals surface area contributed by atoms with E-state index >= 15 is 0 Å². The number of anilines is 1. The molecule has 0 radical (unpaired) electrons. The van der Waals surface area contributed by atoms with Gasteiger partial charge in [-0.05, 0) is 30.0 Å². The number of nitrogens with two attached hydrogens (primary N) is 1. The molecule has 0 aliphatic carbocycles. The van der Waals surface area contributed by atoms with E-state index in [1.165, 1.54) is 0 Å². The standard InChI is InChI=1S/C16H21N3O2/c1-4-12-5-6-14(13(17)9-12)21-15-16(20)19(8-7-18-15)10-11(2)3/h5-9,11H,4,10,17H2,1-3H3. The zero-order valence-electron chi connectivity index (χ0n) is 12.7. The molecular formula is C16H21N3O2. The van der Waals surface area contributed by atoms with Crippen LogP contribution in [0.1, 0.15) is 26.3 Å². The minimum atomic E-state index is -0.245. The van der Waals surface area contributed by atoms with Gasteiger partial charge in [-0.25, -0.2) is 4.98 Å². The fourth-order valence-corrected chi connectivity index (χ4v) is 2.05. The molecule has 0 spiro atoms. The molecule has 2 rings (SSSR count). The number of hydrogen-bond donors (Lipinski definition) is 1. The van der Waals surface area contributed by atoms with Gasteiger partial charge in [0.2, 0.25) is 0 Å². The van der Waals surface area contributed by atoms with Gasteiger partial charge >= 0.3 is 5.56 Å². The molecular weight excluding hydrogens is 266 g/mol. The summed E-state index contributed by atoms with van der Waals surface area (Å²) in [6, 6.07) is 5.56. The maximum absolute atomic E-state index is 12.3. The van der Waals surface area contributed by atoms with Gasteiger partial charge in [-0.2, -0.15) is 0 Å². The summed E-state index contributed by atoms with van der Waals surface area (Å²) in [5.74, 6) is 0.875. The molecule has 0 saturated heterocycles. The molecule has 0 fully saturated rings. The molecule has 0 atom stereocenters. The fourth-order valence-electron chi connectivity index (χ4n) is 2.05. The van der Waals surface area contributed by atoms with Crippen molar-refractivity contribution in [2.45, 2.75) is 33.7 Å². The van der Waals surface area contributed by atoms with Crippen LogP contribution in [0.4, 0.5) is 5.69 Å². The molecule has 1 aromatic heterocycles. The third-order valence-corrected chi connectivity index (χ3v) is 3.13. The number of ether oxygens (including phenoxy) is 1. The summed E-state index contributed by atoms with van der Waals surface area (Å²) in [7, 11) is 0. The van der Waals surface area contributed by atoms with Crippen LogP contribution in [0.2, 0.25) is 0 Å². The largest absolute Gasteiger partial charge is 0.432 e. The monoisotopic (exact) mass is 287 g/mol. The quantitative estimate of drug-likeness (QED) is 0.858. The topological polar surface area (TPSA) is 70.1 Å². The van der Waals surface area contributed by atoms with Crippen LogP contribution in [0, 0.1) is 5.92 Å². The molecule has 5 heteroatoms. The van der Waals surface area contributed by atoms with Gasteiger partial charge < -0.3 is 15.0 Å². The average molecular weight is 287 g/mol. The molecule has 0 amide bonds. The van der Waals surface area contributed by atoms with E-state index in [0.29, 0.717) is 23.9 Å². The minimum Gasteiger partial charge on any atom is -0.432 e. The van der Waals surface area contributed by atoms with Crippen molar-refractivity contribution in [2.24, 2.45) is 5.92 Å². The van der Waals surface area contributed by atoms with Crippen LogP contribution in [0.15, 0.2) is 35.4 Å². The highest BCUT2D eigenvalue weighted by Crippen LogP contribution is 2.25. The van der Waals surface area contributed by atoms with E-state index < -0.39 is 0 Å². The summed E-state index contributed by atoms with van der Waals surface area (Å²) in [6.45, 7) is 6.78. The summed E-state index contributed by atoms with van der Waals surface area (Å²) >= 11 is 0. The molecule has 1 heterocycles. The number of aromatic nitrogens is 2. The molecule has 0 aliphatic heterocycles. The second-order valence-corrected chi connectivity index (χ2v) is 5.41. The van der Waals surface area contributed by atoms with Crippen molar-refractivity contribution in [3.63, 3.8) is 0 Å². The fraction of sp³-hybridized carbons (Fsp3) is 0.375. The van der Waals surface area contributed by atoms with Crippen molar-refractivity contribution in [3.05, 3.63) is 46.5 Å². The van der Waals surface area contributed by atoms with Crippen LogP contribution >= 0.6 is 0 Å². The molecule has 0 saturated carbocycles. The minimum absolute atomic E-state index is 0.0501. The van der Waals surface area contributed by atoms with Crippen LogP contribution in [-0.2, 0) is 13.0 Å². The first-order valence-electron chi connectivity index (χ1n) is 7.13. The number of rotatable bonds is 5. The third kappa shape index (κ3) is 3.62. The maximum Gasteiger partial charge on any atom is 0.313 e. The Morgan fingerprint density at radius 2 is 2.14 bits per heavy atom. The predicted molar refractivity (Wildman–Crippen MR) is 83.6 cm³/mol. The zero-order chi connectivity index (χ0) is 15.4. The third-order valence-electron chi connectivity index (χ3n) is 3.13. The van der Waals surface area contributed by atoms with Crippen molar-refractivity contribution in [3.8, 4) is 11.6 Å². The number of aryl methyl sites for hydroxylation is 1. The first-order chi connectivity index (χ1) is 10.0. The molecule has 1 aromatic carbocycles. The highest BCUT2D eigenvalue weighted by Gasteiger charge is 2.10. The normalized spacial score (nSPS) is 10.9. The number of benzene rings is 1. The lowest BCUT2D eigenvalue weighted by Crippen LogP contribution is -2.23. The Balaban J connectivity index is 2.30. The van der Waals surface area contributed by atoms with Gasteiger partial charge in [-0.15, -0.1) is 0 Å². The second kappa shape index (κ2) is 6.43. The molecule has 2 N–H and O–H groups in total.